The van der Waals surface area contributed by atoms with Crippen molar-refractivity contribution in [2.75, 3.05) is 37.4 Å². The van der Waals surface area contributed by atoms with Crippen LogP contribution in [0.4, 0.5) is 5.69 Å². The normalized spacial score (nSPS) is 14.2. The van der Waals surface area contributed by atoms with E-state index in [1.165, 1.54) is 17.5 Å². The number of nitrogens with one attached hydrogen (secondary N) is 1. The van der Waals surface area contributed by atoms with E-state index in [2.05, 4.69) is 63.1 Å². The van der Waals surface area contributed by atoms with Gasteiger partial charge in [0.1, 0.15) is 0 Å². The fraction of sp³-hybridized carbons (Fsp3) is 0.241. The number of hydrogen-bond acceptors (Lipinski definition) is 5. The van der Waals surface area contributed by atoms with Crippen molar-refractivity contribution in [3.8, 4) is 0 Å². The molecule has 0 unspecified atom stereocenters. The van der Waals surface area contributed by atoms with Crippen molar-refractivity contribution in [2.24, 2.45) is 0 Å². The zero-order chi connectivity index (χ0) is 23.9. The van der Waals surface area contributed by atoms with E-state index in [0.29, 0.717) is 0 Å². The average molecular weight is 483 g/mol. The first-order chi connectivity index (χ1) is 17.3. The topological polar surface area (TPSA) is 48.5 Å². The first kappa shape index (κ1) is 23.4. The van der Waals surface area contributed by atoms with E-state index in [1.54, 1.807) is 0 Å². The molecule has 0 saturated carbocycles. The highest BCUT2D eigenvalue weighted by Crippen LogP contribution is 2.27. The third-order valence-electron chi connectivity index (χ3n) is 6.45. The second-order valence-corrected chi connectivity index (χ2v) is 9.68. The van der Waals surface area contributed by atoms with Crippen LogP contribution >= 0.6 is 11.9 Å². The van der Waals surface area contributed by atoms with Crippen molar-refractivity contribution in [3.63, 3.8) is 0 Å². The summed E-state index contributed by atoms with van der Waals surface area (Å²) in [5, 5.41) is 1.12. The SMILES string of the molecule is O=C(c1ccc(NSc2cccc3cccnc23)cc1)N1CCN(CCCc2ccccc2)CC1. The lowest BCUT2D eigenvalue weighted by atomic mass is 10.1. The molecule has 5 rings (SSSR count). The van der Waals surface area contributed by atoms with Crippen LogP contribution in [0.3, 0.4) is 0 Å². The molecular formula is C29H30N4OS. The van der Waals surface area contributed by atoms with E-state index in [-0.39, 0.29) is 5.91 Å². The Bertz CT molecular complexity index is 1250. The number of para-hydroxylation sites is 1. The molecule has 4 aromatic rings. The summed E-state index contributed by atoms with van der Waals surface area (Å²) in [6.45, 7) is 4.54. The molecule has 35 heavy (non-hydrogen) atoms. The smallest absolute Gasteiger partial charge is 0.253 e. The summed E-state index contributed by atoms with van der Waals surface area (Å²) in [5.74, 6) is 0.117. The number of pyridine rings is 1. The van der Waals surface area contributed by atoms with Gasteiger partial charge in [0.15, 0.2) is 0 Å². The molecule has 1 aromatic heterocycles. The van der Waals surface area contributed by atoms with Crippen LogP contribution in [0.5, 0.6) is 0 Å². The summed E-state index contributed by atoms with van der Waals surface area (Å²) < 4.78 is 3.38. The van der Waals surface area contributed by atoms with Crippen molar-refractivity contribution in [2.45, 2.75) is 17.7 Å². The third kappa shape index (κ3) is 6.02. The van der Waals surface area contributed by atoms with Crippen LogP contribution < -0.4 is 4.72 Å². The van der Waals surface area contributed by atoms with Gasteiger partial charge in [0.2, 0.25) is 0 Å². The van der Waals surface area contributed by atoms with Gasteiger partial charge in [0.25, 0.3) is 5.91 Å². The summed E-state index contributed by atoms with van der Waals surface area (Å²) in [4.78, 5) is 23.0. The van der Waals surface area contributed by atoms with Crippen molar-refractivity contribution < 1.29 is 4.79 Å². The van der Waals surface area contributed by atoms with Crippen molar-refractivity contribution >= 4 is 34.4 Å². The maximum atomic E-state index is 13.0. The van der Waals surface area contributed by atoms with Crippen LogP contribution in [0.15, 0.2) is 96.0 Å². The lowest BCUT2D eigenvalue weighted by Gasteiger charge is -2.34. The van der Waals surface area contributed by atoms with Crippen LogP contribution in [-0.4, -0.2) is 53.4 Å². The molecule has 0 atom stereocenters. The largest absolute Gasteiger partial charge is 0.336 e. The number of aromatic nitrogens is 1. The highest BCUT2D eigenvalue weighted by Gasteiger charge is 2.21. The molecule has 0 radical (unpaired) electrons. The van der Waals surface area contributed by atoms with Gasteiger partial charge >= 0.3 is 0 Å². The molecule has 0 aliphatic carbocycles. The minimum atomic E-state index is 0.117. The molecule has 3 aromatic carbocycles. The van der Waals surface area contributed by atoms with Gasteiger partial charge in [-0.3, -0.25) is 14.7 Å². The molecule has 1 fully saturated rings. The molecule has 1 saturated heterocycles. The van der Waals surface area contributed by atoms with Crippen LogP contribution in [-0.2, 0) is 6.42 Å². The van der Waals surface area contributed by atoms with Crippen LogP contribution in [0.1, 0.15) is 22.3 Å². The molecule has 6 heteroatoms. The fourth-order valence-electron chi connectivity index (χ4n) is 4.46. The first-order valence-corrected chi connectivity index (χ1v) is 13.0. The van der Waals surface area contributed by atoms with E-state index >= 15 is 0 Å². The summed E-state index contributed by atoms with van der Waals surface area (Å²) in [5.41, 5.74) is 4.08. The second-order valence-electron chi connectivity index (χ2n) is 8.84. The molecule has 178 valence electrons. The van der Waals surface area contributed by atoms with E-state index in [1.807, 2.05) is 47.5 Å². The van der Waals surface area contributed by atoms with Crippen LogP contribution in [0.2, 0.25) is 0 Å². The Morgan fingerprint density at radius 1 is 0.857 bits per heavy atom. The lowest BCUT2D eigenvalue weighted by molar-refractivity contribution is 0.0636. The zero-order valence-corrected chi connectivity index (χ0v) is 20.6. The Kier molecular flexibility index (Phi) is 7.61. The Balaban J connectivity index is 1.09. The van der Waals surface area contributed by atoms with E-state index in [0.717, 1.165) is 72.6 Å². The number of carbonyl (C=O) groups excluding carboxylic acids is 1. The Hall–Kier alpha value is -3.35. The molecular weight excluding hydrogens is 452 g/mol. The third-order valence-corrected chi connectivity index (χ3v) is 7.34. The van der Waals surface area contributed by atoms with E-state index in [4.69, 9.17) is 0 Å². The minimum absolute atomic E-state index is 0.117. The van der Waals surface area contributed by atoms with Gasteiger partial charge in [-0.25, -0.2) is 0 Å². The molecule has 2 heterocycles. The minimum Gasteiger partial charge on any atom is -0.336 e. The lowest BCUT2D eigenvalue weighted by Crippen LogP contribution is -2.48. The standard InChI is InChI=1S/C29H30N4OS/c34-29(33-21-19-32(20-22-33)18-6-9-23-7-2-1-3-8-23)25-13-15-26(16-14-25)31-35-27-12-4-10-24-11-5-17-30-28(24)27/h1-5,7-8,10-17,31H,6,9,18-22H2. The monoisotopic (exact) mass is 482 g/mol. The average Bonchev–Trinajstić information content (AvgIpc) is 2.93. The molecule has 1 N–H and O–H groups in total. The number of piperazine rings is 1. The number of nitrogens with zero attached hydrogens (tertiary/aromatic N) is 3. The summed E-state index contributed by atoms with van der Waals surface area (Å²) in [6.07, 6.45) is 4.08. The Morgan fingerprint density at radius 2 is 1.63 bits per heavy atom. The van der Waals surface area contributed by atoms with Crippen LogP contribution in [0.25, 0.3) is 10.9 Å². The molecule has 1 aliphatic rings. The predicted molar refractivity (Wildman–Crippen MR) is 145 cm³/mol. The highest BCUT2D eigenvalue weighted by molar-refractivity contribution is 8.00. The molecule has 5 nitrogen and oxygen atoms in total. The summed E-state index contributed by atoms with van der Waals surface area (Å²) >= 11 is 1.54. The Labute approximate surface area is 211 Å². The summed E-state index contributed by atoms with van der Waals surface area (Å²) in [7, 11) is 0. The zero-order valence-electron chi connectivity index (χ0n) is 19.8. The van der Waals surface area contributed by atoms with Gasteiger partial charge in [-0.1, -0.05) is 48.5 Å². The maximum absolute atomic E-state index is 13.0. The number of hydrogen-bond donors (Lipinski definition) is 1. The van der Waals surface area contributed by atoms with Crippen molar-refractivity contribution in [1.29, 1.82) is 0 Å². The van der Waals surface area contributed by atoms with Gasteiger partial charge in [-0.05, 0) is 73.3 Å². The van der Waals surface area contributed by atoms with E-state index < -0.39 is 0 Å². The number of fused-ring (bicyclic) bond motifs is 1. The quantitative estimate of drug-likeness (QED) is 0.324. The maximum Gasteiger partial charge on any atom is 0.253 e. The fourth-order valence-corrected chi connectivity index (χ4v) is 5.24. The van der Waals surface area contributed by atoms with Crippen molar-refractivity contribution in [1.82, 2.24) is 14.8 Å². The van der Waals surface area contributed by atoms with Gasteiger partial charge in [0.05, 0.1) is 10.4 Å². The van der Waals surface area contributed by atoms with Crippen molar-refractivity contribution in [3.05, 3.63) is 102 Å². The number of rotatable bonds is 8. The van der Waals surface area contributed by atoms with Crippen LogP contribution in [0, 0.1) is 0 Å². The first-order valence-electron chi connectivity index (χ1n) is 12.2. The number of amides is 1. The number of anilines is 1. The van der Waals surface area contributed by atoms with Gasteiger partial charge in [0, 0.05) is 49.0 Å². The Morgan fingerprint density at radius 3 is 2.43 bits per heavy atom. The van der Waals surface area contributed by atoms with Gasteiger partial charge in [-0.2, -0.15) is 0 Å². The molecule has 1 amide bonds. The summed E-state index contributed by atoms with van der Waals surface area (Å²) in [6, 6.07) is 28.6. The molecule has 0 spiro atoms. The van der Waals surface area contributed by atoms with Gasteiger partial charge < -0.3 is 9.62 Å². The number of benzene rings is 3. The molecule has 0 bridgehead atoms. The highest BCUT2D eigenvalue weighted by atomic mass is 32.2. The second kappa shape index (κ2) is 11.4. The van der Waals surface area contributed by atoms with Gasteiger partial charge in [-0.15, -0.1) is 0 Å². The number of carbonyl (C=O) groups is 1. The molecule has 1 aliphatic heterocycles. The number of aryl methyl sites for hydroxylation is 1. The van der Waals surface area contributed by atoms with E-state index in [9.17, 15) is 4.79 Å². The predicted octanol–water partition coefficient (Wildman–Crippen LogP) is 5.74.